The number of nitrogens with two attached hydrogens (primary N) is 1. The Hall–Kier alpha value is -1.74. The predicted molar refractivity (Wildman–Crippen MR) is 62.2 cm³/mol. The molecule has 1 unspecified atom stereocenters. The lowest BCUT2D eigenvalue weighted by Crippen LogP contribution is -2.05. The monoisotopic (exact) mass is 216 g/mol. The number of hydrogen-bond acceptors (Lipinski definition) is 2. The number of aromatic nitrogens is 1. The van der Waals surface area contributed by atoms with Gasteiger partial charge >= 0.3 is 0 Å². The maximum Gasteiger partial charge on any atom is 0.131 e. The van der Waals surface area contributed by atoms with Crippen molar-refractivity contribution >= 4 is 0 Å². The lowest BCUT2D eigenvalue weighted by atomic mass is 10.0. The van der Waals surface area contributed by atoms with E-state index in [0.717, 1.165) is 11.1 Å². The second-order valence-electron chi connectivity index (χ2n) is 3.77. The SMILES string of the molecule is CC(N)c1ccc(F)c(-c2cccnc2)c1. The maximum absolute atomic E-state index is 13.7. The Morgan fingerprint density at radius 2 is 2.12 bits per heavy atom. The van der Waals surface area contributed by atoms with Gasteiger partial charge in [-0.05, 0) is 30.7 Å². The van der Waals surface area contributed by atoms with E-state index in [1.807, 2.05) is 13.0 Å². The van der Waals surface area contributed by atoms with E-state index in [4.69, 9.17) is 5.73 Å². The van der Waals surface area contributed by atoms with Gasteiger partial charge in [0.25, 0.3) is 0 Å². The Morgan fingerprint density at radius 1 is 1.31 bits per heavy atom. The zero-order valence-corrected chi connectivity index (χ0v) is 9.02. The van der Waals surface area contributed by atoms with Crippen molar-refractivity contribution in [3.63, 3.8) is 0 Å². The van der Waals surface area contributed by atoms with E-state index in [1.165, 1.54) is 6.07 Å². The molecular formula is C13H13FN2. The van der Waals surface area contributed by atoms with Crippen molar-refractivity contribution in [3.05, 3.63) is 54.1 Å². The molecule has 0 aliphatic carbocycles. The van der Waals surface area contributed by atoms with Gasteiger partial charge in [0.15, 0.2) is 0 Å². The maximum atomic E-state index is 13.7. The van der Waals surface area contributed by atoms with Gasteiger partial charge in [-0.15, -0.1) is 0 Å². The molecule has 0 amide bonds. The largest absolute Gasteiger partial charge is 0.324 e. The lowest BCUT2D eigenvalue weighted by Gasteiger charge is -2.09. The third-order valence-corrected chi connectivity index (χ3v) is 2.49. The van der Waals surface area contributed by atoms with Gasteiger partial charge in [-0.25, -0.2) is 4.39 Å². The molecule has 0 radical (unpaired) electrons. The molecule has 0 aliphatic rings. The summed E-state index contributed by atoms with van der Waals surface area (Å²) in [4.78, 5) is 3.98. The van der Waals surface area contributed by atoms with Crippen LogP contribution in [0, 0.1) is 5.82 Å². The molecule has 1 aromatic carbocycles. The van der Waals surface area contributed by atoms with Gasteiger partial charge in [-0.3, -0.25) is 4.98 Å². The highest BCUT2D eigenvalue weighted by Crippen LogP contribution is 2.24. The fraction of sp³-hybridized carbons (Fsp3) is 0.154. The minimum absolute atomic E-state index is 0.101. The molecule has 2 nitrogen and oxygen atoms in total. The zero-order valence-electron chi connectivity index (χ0n) is 9.02. The third kappa shape index (κ3) is 2.09. The highest BCUT2D eigenvalue weighted by atomic mass is 19.1. The van der Waals surface area contributed by atoms with E-state index in [1.54, 1.807) is 30.6 Å². The van der Waals surface area contributed by atoms with E-state index in [0.29, 0.717) is 5.56 Å². The fourth-order valence-corrected chi connectivity index (χ4v) is 1.57. The van der Waals surface area contributed by atoms with Crippen LogP contribution in [0.15, 0.2) is 42.7 Å². The smallest absolute Gasteiger partial charge is 0.131 e. The van der Waals surface area contributed by atoms with Crippen molar-refractivity contribution in [2.45, 2.75) is 13.0 Å². The Bertz CT molecular complexity index is 481. The average molecular weight is 216 g/mol. The summed E-state index contributed by atoms with van der Waals surface area (Å²) in [5, 5.41) is 0. The summed E-state index contributed by atoms with van der Waals surface area (Å²) in [6.45, 7) is 1.88. The van der Waals surface area contributed by atoms with Gasteiger partial charge < -0.3 is 5.73 Å². The summed E-state index contributed by atoms with van der Waals surface area (Å²) >= 11 is 0. The number of rotatable bonds is 2. The first-order chi connectivity index (χ1) is 7.68. The summed E-state index contributed by atoms with van der Waals surface area (Å²) < 4.78 is 13.7. The molecule has 2 rings (SSSR count). The second kappa shape index (κ2) is 4.41. The molecule has 0 spiro atoms. The van der Waals surface area contributed by atoms with Gasteiger partial charge in [-0.1, -0.05) is 12.1 Å². The van der Waals surface area contributed by atoms with Crippen LogP contribution in [0.2, 0.25) is 0 Å². The first-order valence-electron chi connectivity index (χ1n) is 5.14. The molecule has 2 aromatic rings. The van der Waals surface area contributed by atoms with Gasteiger partial charge in [0, 0.05) is 29.6 Å². The molecule has 2 N–H and O–H groups in total. The zero-order chi connectivity index (χ0) is 11.5. The molecule has 0 bridgehead atoms. The lowest BCUT2D eigenvalue weighted by molar-refractivity contribution is 0.629. The van der Waals surface area contributed by atoms with Crippen molar-refractivity contribution < 1.29 is 4.39 Å². The topological polar surface area (TPSA) is 38.9 Å². The van der Waals surface area contributed by atoms with E-state index >= 15 is 0 Å². The van der Waals surface area contributed by atoms with Crippen molar-refractivity contribution in [1.82, 2.24) is 4.98 Å². The van der Waals surface area contributed by atoms with Crippen molar-refractivity contribution in [1.29, 1.82) is 0 Å². The summed E-state index contributed by atoms with van der Waals surface area (Å²) in [5.74, 6) is -0.252. The van der Waals surface area contributed by atoms with E-state index in [-0.39, 0.29) is 11.9 Å². The molecule has 0 aliphatic heterocycles. The predicted octanol–water partition coefficient (Wildman–Crippen LogP) is 2.91. The van der Waals surface area contributed by atoms with Crippen molar-refractivity contribution in [2.24, 2.45) is 5.73 Å². The number of pyridine rings is 1. The van der Waals surface area contributed by atoms with E-state index < -0.39 is 0 Å². The Balaban J connectivity index is 2.52. The van der Waals surface area contributed by atoms with Crippen LogP contribution >= 0.6 is 0 Å². The van der Waals surface area contributed by atoms with Crippen LogP contribution in [0.1, 0.15) is 18.5 Å². The molecule has 1 atom stereocenters. The second-order valence-corrected chi connectivity index (χ2v) is 3.77. The van der Waals surface area contributed by atoms with Gasteiger partial charge in [0.2, 0.25) is 0 Å². The number of nitrogens with zero attached hydrogens (tertiary/aromatic N) is 1. The van der Waals surface area contributed by atoms with Crippen LogP contribution in [-0.2, 0) is 0 Å². The molecule has 3 heteroatoms. The minimum Gasteiger partial charge on any atom is -0.324 e. The third-order valence-electron chi connectivity index (χ3n) is 2.49. The summed E-state index contributed by atoms with van der Waals surface area (Å²) in [7, 11) is 0. The fourth-order valence-electron chi connectivity index (χ4n) is 1.57. The van der Waals surface area contributed by atoms with Crippen LogP contribution in [-0.4, -0.2) is 4.98 Å². The van der Waals surface area contributed by atoms with Crippen LogP contribution in [0.4, 0.5) is 4.39 Å². The van der Waals surface area contributed by atoms with Gasteiger partial charge in [0.05, 0.1) is 0 Å². The normalized spacial score (nSPS) is 12.4. The minimum atomic E-state index is -0.252. The Kier molecular flexibility index (Phi) is 2.97. The molecular weight excluding hydrogens is 203 g/mol. The number of halogens is 1. The van der Waals surface area contributed by atoms with Crippen LogP contribution in [0.5, 0.6) is 0 Å². The summed E-state index contributed by atoms with van der Waals surface area (Å²) in [6, 6.07) is 8.44. The molecule has 82 valence electrons. The highest BCUT2D eigenvalue weighted by molar-refractivity contribution is 5.64. The molecule has 0 saturated heterocycles. The summed E-state index contributed by atoms with van der Waals surface area (Å²) in [5.41, 5.74) is 8.00. The standard InChI is InChI=1S/C13H13FN2/c1-9(15)10-4-5-13(14)12(7-10)11-3-2-6-16-8-11/h2-9H,15H2,1H3. The van der Waals surface area contributed by atoms with Crippen LogP contribution in [0.25, 0.3) is 11.1 Å². The van der Waals surface area contributed by atoms with Crippen molar-refractivity contribution in [2.75, 3.05) is 0 Å². The molecule has 16 heavy (non-hydrogen) atoms. The number of benzene rings is 1. The number of hydrogen-bond donors (Lipinski definition) is 1. The average Bonchev–Trinajstić information content (AvgIpc) is 2.30. The summed E-state index contributed by atoms with van der Waals surface area (Å²) in [6.07, 6.45) is 3.31. The Labute approximate surface area is 93.9 Å². The molecule has 0 fully saturated rings. The van der Waals surface area contributed by atoms with Crippen LogP contribution in [0.3, 0.4) is 0 Å². The van der Waals surface area contributed by atoms with Gasteiger partial charge in [-0.2, -0.15) is 0 Å². The van der Waals surface area contributed by atoms with Gasteiger partial charge in [0.1, 0.15) is 5.82 Å². The molecule has 1 aromatic heterocycles. The molecule has 0 saturated carbocycles. The van der Waals surface area contributed by atoms with Crippen LogP contribution < -0.4 is 5.73 Å². The first kappa shape index (κ1) is 10.8. The Morgan fingerprint density at radius 3 is 2.75 bits per heavy atom. The van der Waals surface area contributed by atoms with E-state index in [2.05, 4.69) is 4.98 Å². The van der Waals surface area contributed by atoms with Crippen molar-refractivity contribution in [3.8, 4) is 11.1 Å². The first-order valence-corrected chi connectivity index (χ1v) is 5.14. The molecule has 1 heterocycles. The quantitative estimate of drug-likeness (QED) is 0.838. The highest BCUT2D eigenvalue weighted by Gasteiger charge is 2.08. The van der Waals surface area contributed by atoms with E-state index in [9.17, 15) is 4.39 Å².